The Balaban J connectivity index is 0.000000396. The van der Waals surface area contributed by atoms with Crippen molar-refractivity contribution in [3.63, 3.8) is 0 Å². The Labute approximate surface area is 170 Å². The number of cyclic esters (lactones) is 1. The summed E-state index contributed by atoms with van der Waals surface area (Å²) in [6.45, 7) is 6.20. The minimum absolute atomic E-state index is 0.125. The van der Waals surface area contributed by atoms with E-state index in [0.717, 1.165) is 37.6 Å². The maximum Gasteiger partial charge on any atom is 0.490 e. The van der Waals surface area contributed by atoms with Crippen molar-refractivity contribution >= 4 is 29.3 Å². The van der Waals surface area contributed by atoms with Gasteiger partial charge in [0.2, 0.25) is 5.91 Å². The van der Waals surface area contributed by atoms with E-state index in [9.17, 15) is 22.8 Å². The number of nitrogens with one attached hydrogen (secondary N) is 2. The molecule has 0 spiro atoms. The van der Waals surface area contributed by atoms with E-state index in [1.807, 2.05) is 24.3 Å². The molecule has 1 aromatic rings. The Kier molecular flexibility index (Phi) is 7.86. The molecule has 2 heterocycles. The van der Waals surface area contributed by atoms with E-state index in [-0.39, 0.29) is 18.1 Å². The number of rotatable bonds is 4. The number of carboxylic acid groups (broad SMARTS) is 1. The first kappa shape index (κ1) is 23.3. The van der Waals surface area contributed by atoms with Gasteiger partial charge in [-0.1, -0.05) is 0 Å². The number of carbonyl (C=O) groups is 3. The fourth-order valence-electron chi connectivity index (χ4n) is 2.86. The van der Waals surface area contributed by atoms with Gasteiger partial charge in [-0.25, -0.2) is 9.59 Å². The van der Waals surface area contributed by atoms with Crippen molar-refractivity contribution < 1.29 is 37.4 Å². The maximum absolute atomic E-state index is 12.0. The lowest BCUT2D eigenvalue weighted by molar-refractivity contribution is -0.192. The minimum atomic E-state index is -5.08. The van der Waals surface area contributed by atoms with Crippen LogP contribution in [0.15, 0.2) is 24.3 Å². The molecule has 0 saturated carbocycles. The molecule has 0 aromatic heterocycles. The predicted molar refractivity (Wildman–Crippen MR) is 102 cm³/mol. The molecule has 0 unspecified atom stereocenters. The van der Waals surface area contributed by atoms with E-state index in [1.54, 1.807) is 4.90 Å². The summed E-state index contributed by atoms with van der Waals surface area (Å²) in [7, 11) is 0. The smallest absolute Gasteiger partial charge is 0.475 e. The van der Waals surface area contributed by atoms with Crippen LogP contribution in [-0.4, -0.2) is 74.6 Å². The Morgan fingerprint density at radius 1 is 1.20 bits per heavy atom. The maximum atomic E-state index is 12.0. The fourth-order valence-corrected chi connectivity index (χ4v) is 2.86. The first-order chi connectivity index (χ1) is 14.1. The number of carboxylic acids is 1. The summed E-state index contributed by atoms with van der Waals surface area (Å²) >= 11 is 0. The summed E-state index contributed by atoms with van der Waals surface area (Å²) in [5.74, 6) is -2.88. The molecule has 0 radical (unpaired) electrons. The van der Waals surface area contributed by atoms with Gasteiger partial charge in [0.05, 0.1) is 13.1 Å². The van der Waals surface area contributed by atoms with Crippen molar-refractivity contribution in [2.24, 2.45) is 0 Å². The predicted octanol–water partition coefficient (Wildman–Crippen LogP) is 1.19. The fraction of sp³-hybridized carbons (Fsp3) is 0.500. The number of anilines is 2. The monoisotopic (exact) mass is 432 g/mol. The van der Waals surface area contributed by atoms with Crippen LogP contribution >= 0.6 is 0 Å². The number of ether oxygens (including phenoxy) is 1. The van der Waals surface area contributed by atoms with E-state index in [1.165, 1.54) is 6.92 Å². The van der Waals surface area contributed by atoms with Crippen LogP contribution < -0.4 is 20.4 Å². The topological polar surface area (TPSA) is 111 Å². The highest BCUT2D eigenvalue weighted by Gasteiger charge is 2.38. The lowest BCUT2D eigenvalue weighted by atomic mass is 10.2. The van der Waals surface area contributed by atoms with Crippen LogP contribution in [0.1, 0.15) is 6.92 Å². The van der Waals surface area contributed by atoms with Crippen LogP contribution in [0.3, 0.4) is 0 Å². The zero-order chi connectivity index (χ0) is 22.3. The van der Waals surface area contributed by atoms with Crippen LogP contribution in [0.2, 0.25) is 0 Å². The van der Waals surface area contributed by atoms with E-state index in [2.05, 4.69) is 15.5 Å². The number of hydrogen-bond acceptors (Lipinski definition) is 6. The number of halogens is 3. The number of alkyl halides is 3. The molecule has 0 bridgehead atoms. The van der Waals surface area contributed by atoms with Crippen molar-refractivity contribution in [2.75, 3.05) is 49.1 Å². The Morgan fingerprint density at radius 2 is 1.73 bits per heavy atom. The zero-order valence-electron chi connectivity index (χ0n) is 16.2. The molecule has 166 valence electrons. The average molecular weight is 432 g/mol. The first-order valence-electron chi connectivity index (χ1n) is 9.16. The molecule has 2 aliphatic heterocycles. The van der Waals surface area contributed by atoms with Gasteiger partial charge in [-0.05, 0) is 24.3 Å². The molecule has 2 fully saturated rings. The summed E-state index contributed by atoms with van der Waals surface area (Å²) in [6, 6.07) is 7.96. The number of aliphatic carboxylic acids is 1. The van der Waals surface area contributed by atoms with Crippen molar-refractivity contribution in [1.82, 2.24) is 10.6 Å². The quantitative estimate of drug-likeness (QED) is 0.656. The zero-order valence-corrected chi connectivity index (χ0v) is 16.2. The van der Waals surface area contributed by atoms with Gasteiger partial charge >= 0.3 is 18.2 Å². The Morgan fingerprint density at radius 3 is 2.23 bits per heavy atom. The summed E-state index contributed by atoms with van der Waals surface area (Å²) in [5, 5.41) is 13.1. The normalized spacial score (nSPS) is 18.9. The molecule has 12 heteroatoms. The molecule has 2 saturated heterocycles. The third-order valence-corrected chi connectivity index (χ3v) is 4.34. The lowest BCUT2D eigenvalue weighted by Gasteiger charge is -2.29. The molecule has 2 aliphatic rings. The minimum Gasteiger partial charge on any atom is -0.475 e. The summed E-state index contributed by atoms with van der Waals surface area (Å²) in [6.07, 6.45) is -5.76. The molecule has 9 nitrogen and oxygen atoms in total. The van der Waals surface area contributed by atoms with Gasteiger partial charge in [0.15, 0.2) is 0 Å². The van der Waals surface area contributed by atoms with Crippen LogP contribution in [0.5, 0.6) is 0 Å². The number of amides is 2. The lowest BCUT2D eigenvalue weighted by Crippen LogP contribution is -2.43. The number of hydrogen-bond donors (Lipinski definition) is 3. The van der Waals surface area contributed by atoms with Gasteiger partial charge in [-0.3, -0.25) is 9.69 Å². The highest BCUT2D eigenvalue weighted by atomic mass is 19.4. The van der Waals surface area contributed by atoms with Gasteiger partial charge in [0.25, 0.3) is 0 Å². The number of carbonyl (C=O) groups excluding carboxylic acids is 2. The molecule has 3 rings (SSSR count). The molecule has 0 aliphatic carbocycles. The van der Waals surface area contributed by atoms with Crippen molar-refractivity contribution in [2.45, 2.75) is 19.2 Å². The van der Waals surface area contributed by atoms with E-state index in [4.69, 9.17) is 14.6 Å². The molecule has 3 N–H and O–H groups in total. The average Bonchev–Trinajstić information content (AvgIpc) is 3.07. The van der Waals surface area contributed by atoms with Crippen molar-refractivity contribution in [3.8, 4) is 0 Å². The Bertz CT molecular complexity index is 751. The van der Waals surface area contributed by atoms with Crippen LogP contribution in [0.4, 0.5) is 29.3 Å². The molecule has 30 heavy (non-hydrogen) atoms. The van der Waals surface area contributed by atoms with Gasteiger partial charge in [-0.15, -0.1) is 0 Å². The largest absolute Gasteiger partial charge is 0.490 e. The third kappa shape index (κ3) is 6.79. The molecular weight excluding hydrogens is 409 g/mol. The van der Waals surface area contributed by atoms with E-state index >= 15 is 0 Å². The van der Waals surface area contributed by atoms with Crippen LogP contribution in [-0.2, 0) is 14.3 Å². The summed E-state index contributed by atoms with van der Waals surface area (Å²) < 4.78 is 37.0. The summed E-state index contributed by atoms with van der Waals surface area (Å²) in [5.41, 5.74) is 1.98. The second-order valence-corrected chi connectivity index (χ2v) is 6.61. The molecule has 2 amide bonds. The van der Waals surface area contributed by atoms with E-state index in [0.29, 0.717) is 13.1 Å². The van der Waals surface area contributed by atoms with Gasteiger partial charge in [0, 0.05) is 44.5 Å². The first-order valence-corrected chi connectivity index (χ1v) is 9.16. The van der Waals surface area contributed by atoms with Crippen molar-refractivity contribution in [3.05, 3.63) is 24.3 Å². The standard InChI is InChI=1S/C16H22N4O3.C2HF3O2/c1-12(21)18-10-15-11-20(16(22)23-15)14-4-2-13(3-5-14)19-8-6-17-7-9-19;3-2(4,5)1(6)7/h2-5,15,17H,6-11H2,1H3,(H,18,21);(H,6,7)/t15-;/m0./s1. The molecule has 1 aromatic carbocycles. The summed E-state index contributed by atoms with van der Waals surface area (Å²) in [4.78, 5) is 35.8. The number of piperazine rings is 1. The van der Waals surface area contributed by atoms with Crippen molar-refractivity contribution in [1.29, 1.82) is 0 Å². The van der Waals surface area contributed by atoms with E-state index < -0.39 is 12.1 Å². The van der Waals surface area contributed by atoms with Crippen LogP contribution in [0, 0.1) is 0 Å². The second-order valence-electron chi connectivity index (χ2n) is 6.61. The number of benzene rings is 1. The number of nitrogens with zero attached hydrogens (tertiary/aromatic N) is 2. The molecular formula is C18H23F3N4O5. The SMILES string of the molecule is CC(=O)NC[C@H]1CN(c2ccc(N3CCNCC3)cc2)C(=O)O1.O=C(O)C(F)(F)F. The van der Waals surface area contributed by atoms with Gasteiger partial charge in [0.1, 0.15) is 6.10 Å². The highest BCUT2D eigenvalue weighted by molar-refractivity contribution is 5.90. The van der Waals surface area contributed by atoms with Gasteiger partial charge < -0.3 is 25.4 Å². The Hall–Kier alpha value is -3.02. The van der Waals surface area contributed by atoms with Gasteiger partial charge in [-0.2, -0.15) is 13.2 Å². The highest BCUT2D eigenvalue weighted by Crippen LogP contribution is 2.25. The van der Waals surface area contributed by atoms with Crippen LogP contribution in [0.25, 0.3) is 0 Å². The molecule has 1 atom stereocenters. The third-order valence-electron chi connectivity index (χ3n) is 4.34. The second kappa shape index (κ2) is 10.1.